The first-order valence-electron chi connectivity index (χ1n) is 6.57. The molecule has 1 aromatic carbocycles. The van der Waals surface area contributed by atoms with Crippen LogP contribution in [0.1, 0.15) is 11.3 Å². The quantitative estimate of drug-likeness (QED) is 0.693. The molecule has 0 aliphatic heterocycles. The largest absolute Gasteiger partial charge is 0.495 e. The molecule has 0 radical (unpaired) electrons. The van der Waals surface area contributed by atoms with E-state index in [1.165, 1.54) is 0 Å². The predicted octanol–water partition coefficient (Wildman–Crippen LogP) is 2.90. The molecule has 0 aliphatic carbocycles. The third-order valence-electron chi connectivity index (χ3n) is 3.01. The van der Waals surface area contributed by atoms with E-state index in [0.717, 1.165) is 17.0 Å². The number of nitrogens with zero attached hydrogens (tertiary/aromatic N) is 2. The Morgan fingerprint density at radius 1 is 1.14 bits per heavy atom. The SMILES string of the molecule is CN=C(Nc1cc(C)ccc1OC)c1cccc(OC)n1. The second-order valence-electron chi connectivity index (χ2n) is 4.47. The molecule has 5 heteroatoms. The van der Waals surface area contributed by atoms with Crippen molar-refractivity contribution in [3.63, 3.8) is 0 Å². The normalized spacial score (nSPS) is 11.1. The number of hydrogen-bond donors (Lipinski definition) is 1. The summed E-state index contributed by atoms with van der Waals surface area (Å²) in [6, 6.07) is 11.5. The summed E-state index contributed by atoms with van der Waals surface area (Å²) in [5.74, 6) is 1.95. The molecule has 0 amide bonds. The molecule has 0 atom stereocenters. The van der Waals surface area contributed by atoms with Crippen LogP contribution in [0.2, 0.25) is 0 Å². The van der Waals surface area contributed by atoms with Crippen LogP contribution >= 0.6 is 0 Å². The Morgan fingerprint density at radius 3 is 2.62 bits per heavy atom. The molecule has 0 unspecified atom stereocenters. The average molecular weight is 285 g/mol. The van der Waals surface area contributed by atoms with Crippen LogP contribution in [0.4, 0.5) is 5.69 Å². The van der Waals surface area contributed by atoms with Gasteiger partial charge < -0.3 is 14.8 Å². The van der Waals surface area contributed by atoms with Crippen molar-refractivity contribution in [2.75, 3.05) is 26.6 Å². The van der Waals surface area contributed by atoms with E-state index in [2.05, 4.69) is 15.3 Å². The standard InChI is InChI=1S/C16H19N3O2/c1-11-8-9-14(20-3)13(10-11)19-16(17-2)12-6-5-7-15(18-12)21-4/h5-10H,1-4H3,(H,17,19). The first kappa shape index (κ1) is 14.8. The Morgan fingerprint density at radius 2 is 1.95 bits per heavy atom. The first-order valence-corrected chi connectivity index (χ1v) is 6.57. The molecular weight excluding hydrogens is 266 g/mol. The second kappa shape index (κ2) is 6.74. The fourth-order valence-electron chi connectivity index (χ4n) is 1.94. The molecule has 1 N–H and O–H groups in total. The summed E-state index contributed by atoms with van der Waals surface area (Å²) >= 11 is 0. The molecule has 21 heavy (non-hydrogen) atoms. The summed E-state index contributed by atoms with van der Waals surface area (Å²) in [5, 5.41) is 3.26. The van der Waals surface area contributed by atoms with Crippen molar-refractivity contribution in [2.45, 2.75) is 6.92 Å². The smallest absolute Gasteiger partial charge is 0.213 e. The van der Waals surface area contributed by atoms with E-state index in [4.69, 9.17) is 9.47 Å². The monoisotopic (exact) mass is 285 g/mol. The minimum Gasteiger partial charge on any atom is -0.495 e. The highest BCUT2D eigenvalue weighted by molar-refractivity contribution is 6.07. The van der Waals surface area contributed by atoms with Gasteiger partial charge in [-0.3, -0.25) is 4.99 Å². The topological polar surface area (TPSA) is 55.7 Å². The van der Waals surface area contributed by atoms with Crippen molar-refractivity contribution in [1.29, 1.82) is 0 Å². The lowest BCUT2D eigenvalue weighted by atomic mass is 10.2. The van der Waals surface area contributed by atoms with Crippen LogP contribution in [0.5, 0.6) is 11.6 Å². The van der Waals surface area contributed by atoms with Crippen LogP contribution in [-0.4, -0.2) is 32.1 Å². The highest BCUT2D eigenvalue weighted by atomic mass is 16.5. The van der Waals surface area contributed by atoms with Gasteiger partial charge in [0.25, 0.3) is 0 Å². The molecule has 0 saturated heterocycles. The minimum absolute atomic E-state index is 0.548. The van der Waals surface area contributed by atoms with Crippen molar-refractivity contribution >= 4 is 11.5 Å². The van der Waals surface area contributed by atoms with Crippen LogP contribution in [-0.2, 0) is 0 Å². The molecule has 0 spiro atoms. The number of amidine groups is 1. The zero-order valence-corrected chi connectivity index (χ0v) is 12.7. The Hall–Kier alpha value is -2.56. The number of nitrogens with one attached hydrogen (secondary N) is 1. The number of benzene rings is 1. The molecule has 1 aromatic heterocycles. The maximum Gasteiger partial charge on any atom is 0.213 e. The fourth-order valence-corrected chi connectivity index (χ4v) is 1.94. The molecule has 0 saturated carbocycles. The molecule has 0 aliphatic rings. The average Bonchev–Trinajstić information content (AvgIpc) is 2.52. The van der Waals surface area contributed by atoms with Crippen LogP contribution < -0.4 is 14.8 Å². The molecular formula is C16H19N3O2. The van der Waals surface area contributed by atoms with Gasteiger partial charge in [-0.2, -0.15) is 0 Å². The van der Waals surface area contributed by atoms with Gasteiger partial charge >= 0.3 is 0 Å². The number of pyridine rings is 1. The fraction of sp³-hybridized carbons (Fsp3) is 0.250. The minimum atomic E-state index is 0.548. The Bertz CT molecular complexity index is 654. The van der Waals surface area contributed by atoms with E-state index in [0.29, 0.717) is 17.4 Å². The van der Waals surface area contributed by atoms with E-state index in [9.17, 15) is 0 Å². The van der Waals surface area contributed by atoms with Gasteiger partial charge in [-0.25, -0.2) is 4.98 Å². The van der Waals surface area contributed by atoms with E-state index >= 15 is 0 Å². The summed E-state index contributed by atoms with van der Waals surface area (Å²) in [6.45, 7) is 2.02. The summed E-state index contributed by atoms with van der Waals surface area (Å²) in [5.41, 5.74) is 2.69. The number of hydrogen-bond acceptors (Lipinski definition) is 4. The molecule has 5 nitrogen and oxygen atoms in total. The van der Waals surface area contributed by atoms with Crippen molar-refractivity contribution < 1.29 is 9.47 Å². The van der Waals surface area contributed by atoms with Gasteiger partial charge in [-0.1, -0.05) is 12.1 Å². The van der Waals surface area contributed by atoms with Crippen molar-refractivity contribution in [1.82, 2.24) is 4.98 Å². The van der Waals surface area contributed by atoms with Crippen LogP contribution in [0.15, 0.2) is 41.4 Å². The van der Waals surface area contributed by atoms with Crippen LogP contribution in [0.3, 0.4) is 0 Å². The Labute approximate surface area is 124 Å². The molecule has 110 valence electrons. The van der Waals surface area contributed by atoms with Gasteiger partial charge in [0.2, 0.25) is 5.88 Å². The lowest BCUT2D eigenvalue weighted by molar-refractivity contribution is 0.397. The Kier molecular flexibility index (Phi) is 4.77. The third kappa shape index (κ3) is 3.51. The zero-order valence-electron chi connectivity index (χ0n) is 12.7. The lowest BCUT2D eigenvalue weighted by Gasteiger charge is -2.13. The lowest BCUT2D eigenvalue weighted by Crippen LogP contribution is -2.16. The highest BCUT2D eigenvalue weighted by Crippen LogP contribution is 2.25. The van der Waals surface area contributed by atoms with Gasteiger partial charge in [0.15, 0.2) is 5.84 Å². The molecule has 0 fully saturated rings. The van der Waals surface area contributed by atoms with Gasteiger partial charge in [-0.05, 0) is 30.7 Å². The number of aryl methyl sites for hydroxylation is 1. The summed E-state index contributed by atoms with van der Waals surface area (Å²) in [4.78, 5) is 8.65. The van der Waals surface area contributed by atoms with Crippen molar-refractivity contribution in [2.24, 2.45) is 4.99 Å². The van der Waals surface area contributed by atoms with E-state index in [1.807, 2.05) is 37.3 Å². The van der Waals surface area contributed by atoms with E-state index < -0.39 is 0 Å². The first-order chi connectivity index (χ1) is 10.2. The number of anilines is 1. The van der Waals surface area contributed by atoms with Gasteiger partial charge in [0.1, 0.15) is 11.4 Å². The van der Waals surface area contributed by atoms with Crippen molar-refractivity contribution in [3.05, 3.63) is 47.7 Å². The number of rotatable bonds is 4. The van der Waals surface area contributed by atoms with Gasteiger partial charge in [-0.15, -0.1) is 0 Å². The molecule has 0 bridgehead atoms. The molecule has 1 heterocycles. The summed E-state index contributed by atoms with van der Waals surface area (Å²) in [7, 11) is 4.94. The molecule has 2 aromatic rings. The highest BCUT2D eigenvalue weighted by Gasteiger charge is 2.10. The third-order valence-corrected chi connectivity index (χ3v) is 3.01. The maximum absolute atomic E-state index is 5.36. The number of aromatic nitrogens is 1. The second-order valence-corrected chi connectivity index (χ2v) is 4.47. The van der Waals surface area contributed by atoms with Gasteiger partial charge in [0, 0.05) is 13.1 Å². The van der Waals surface area contributed by atoms with Gasteiger partial charge in [0.05, 0.1) is 19.9 Å². The zero-order chi connectivity index (χ0) is 15.2. The number of aliphatic imine (C=N–C) groups is 1. The summed E-state index contributed by atoms with van der Waals surface area (Å²) < 4.78 is 10.5. The van der Waals surface area contributed by atoms with E-state index in [-0.39, 0.29) is 0 Å². The number of methoxy groups -OCH3 is 2. The molecule has 2 rings (SSSR count). The Balaban J connectivity index is 2.33. The maximum atomic E-state index is 5.36. The summed E-state index contributed by atoms with van der Waals surface area (Å²) in [6.07, 6.45) is 0. The van der Waals surface area contributed by atoms with Crippen LogP contribution in [0, 0.1) is 6.92 Å². The van der Waals surface area contributed by atoms with E-state index in [1.54, 1.807) is 27.3 Å². The predicted molar refractivity (Wildman–Crippen MR) is 84.6 cm³/mol. The van der Waals surface area contributed by atoms with Crippen LogP contribution in [0.25, 0.3) is 0 Å². The number of ether oxygens (including phenoxy) is 2. The van der Waals surface area contributed by atoms with Crippen molar-refractivity contribution in [3.8, 4) is 11.6 Å².